The van der Waals surface area contributed by atoms with E-state index in [1.807, 2.05) is 43.3 Å². The Balaban J connectivity index is 0.00000442. The highest BCUT2D eigenvalue weighted by atomic mass is 35.5. The molecule has 1 aromatic heterocycles. The lowest BCUT2D eigenvalue weighted by Gasteiger charge is -2.21. The molecule has 1 fully saturated rings. The van der Waals surface area contributed by atoms with Crippen molar-refractivity contribution in [1.29, 1.82) is 0 Å². The molecule has 12 heteroatoms. The van der Waals surface area contributed by atoms with Crippen LogP contribution in [0.2, 0.25) is 10.0 Å². The van der Waals surface area contributed by atoms with Crippen molar-refractivity contribution in [2.75, 3.05) is 29.9 Å². The van der Waals surface area contributed by atoms with E-state index >= 15 is 0 Å². The lowest BCUT2D eigenvalue weighted by molar-refractivity contribution is -0.122. The van der Waals surface area contributed by atoms with Gasteiger partial charge in [-0.15, -0.1) is 12.4 Å². The van der Waals surface area contributed by atoms with Crippen LogP contribution in [-0.4, -0.2) is 47.8 Å². The molecule has 4 aromatic rings. The molecule has 44 heavy (non-hydrogen) atoms. The number of aryl methyl sites for hydroxylation is 1. The molecule has 228 valence electrons. The van der Waals surface area contributed by atoms with E-state index < -0.39 is 5.91 Å². The number of para-hydroxylation sites is 1. The Morgan fingerprint density at radius 1 is 1.11 bits per heavy atom. The first-order valence-corrected chi connectivity index (χ1v) is 14.4. The maximum absolute atomic E-state index is 12.9. The van der Waals surface area contributed by atoms with Crippen LogP contribution in [0.1, 0.15) is 29.7 Å². The molecule has 0 radical (unpaired) electrons. The average Bonchev–Trinajstić information content (AvgIpc) is 3.44. The second-order valence-corrected chi connectivity index (χ2v) is 10.8. The average molecular weight is 655 g/mol. The molecule has 3 amide bonds. The number of ether oxygens (including phenoxy) is 1. The second-order valence-electron chi connectivity index (χ2n) is 10.0. The van der Waals surface area contributed by atoms with Crippen molar-refractivity contribution in [2.24, 2.45) is 0 Å². The Labute approximate surface area is 271 Å². The number of hydrogen-bond donors (Lipinski definition) is 1. The van der Waals surface area contributed by atoms with E-state index in [0.29, 0.717) is 39.5 Å². The standard InChI is InChI=1S/C32H29Cl2N5O4.ClH/c1-20-17-35-25-5-3-6-27(32(25)37-20)43-19-23-24(33)13-14-26(31(23)34)38(2)30(42)18-36-28(40)15-10-21-8-11-22(12-9-21)39-16-4-7-29(39)41;/h3,5-6,8-15,17H,4,7,16,18-19H2,1-2H3,(H,36,40);1H/b15-10+;. The summed E-state index contributed by atoms with van der Waals surface area (Å²) < 4.78 is 6.04. The van der Waals surface area contributed by atoms with E-state index in [0.717, 1.165) is 29.9 Å². The van der Waals surface area contributed by atoms with Crippen LogP contribution in [0.15, 0.2) is 66.9 Å². The number of amides is 3. The van der Waals surface area contributed by atoms with Gasteiger partial charge in [0.1, 0.15) is 17.9 Å². The second kappa shape index (κ2) is 14.5. The molecule has 0 unspecified atom stereocenters. The summed E-state index contributed by atoms with van der Waals surface area (Å²) in [5, 5.41) is 3.25. The van der Waals surface area contributed by atoms with Crippen LogP contribution in [0.3, 0.4) is 0 Å². The van der Waals surface area contributed by atoms with Gasteiger partial charge < -0.3 is 19.9 Å². The minimum Gasteiger partial charge on any atom is -0.486 e. The number of benzene rings is 3. The minimum atomic E-state index is -0.426. The van der Waals surface area contributed by atoms with Crippen LogP contribution in [0.5, 0.6) is 5.75 Å². The third-order valence-electron chi connectivity index (χ3n) is 7.05. The summed E-state index contributed by atoms with van der Waals surface area (Å²) >= 11 is 13.2. The van der Waals surface area contributed by atoms with Gasteiger partial charge in [0, 0.05) is 48.6 Å². The Hall–Kier alpha value is -4.18. The largest absolute Gasteiger partial charge is 0.486 e. The molecule has 1 aliphatic heterocycles. The summed E-state index contributed by atoms with van der Waals surface area (Å²) in [6.45, 7) is 2.37. The molecule has 0 spiro atoms. The summed E-state index contributed by atoms with van der Waals surface area (Å²) in [6, 6.07) is 16.1. The number of anilines is 2. The van der Waals surface area contributed by atoms with Gasteiger partial charge >= 0.3 is 0 Å². The van der Waals surface area contributed by atoms with Crippen LogP contribution in [0.25, 0.3) is 17.1 Å². The first kappa shape index (κ1) is 32.7. The number of carbonyl (C=O) groups excluding carboxylic acids is 3. The van der Waals surface area contributed by atoms with Crippen molar-refractivity contribution in [3.63, 3.8) is 0 Å². The first-order valence-electron chi connectivity index (χ1n) is 13.7. The van der Waals surface area contributed by atoms with Crippen LogP contribution in [0, 0.1) is 6.92 Å². The number of rotatable bonds is 9. The number of nitrogens with one attached hydrogen (secondary N) is 1. The Morgan fingerprint density at radius 3 is 2.61 bits per heavy atom. The van der Waals surface area contributed by atoms with Gasteiger partial charge in [0.25, 0.3) is 0 Å². The highest BCUT2D eigenvalue weighted by Crippen LogP contribution is 2.35. The van der Waals surface area contributed by atoms with E-state index in [1.165, 1.54) is 11.0 Å². The number of nitrogens with zero attached hydrogens (tertiary/aromatic N) is 4. The normalized spacial score (nSPS) is 12.8. The van der Waals surface area contributed by atoms with Crippen molar-refractivity contribution < 1.29 is 19.1 Å². The number of hydrogen-bond acceptors (Lipinski definition) is 6. The van der Waals surface area contributed by atoms with Gasteiger partial charge in [-0.1, -0.05) is 41.4 Å². The number of fused-ring (bicyclic) bond motifs is 1. The van der Waals surface area contributed by atoms with E-state index in [2.05, 4.69) is 15.3 Å². The number of aromatic nitrogens is 2. The quantitative estimate of drug-likeness (QED) is 0.217. The van der Waals surface area contributed by atoms with Gasteiger partial charge in [-0.3, -0.25) is 19.4 Å². The summed E-state index contributed by atoms with van der Waals surface area (Å²) in [4.78, 5) is 49.3. The van der Waals surface area contributed by atoms with Gasteiger partial charge in [-0.25, -0.2) is 4.98 Å². The summed E-state index contributed by atoms with van der Waals surface area (Å²) in [7, 11) is 1.57. The van der Waals surface area contributed by atoms with Crippen molar-refractivity contribution in [3.8, 4) is 5.75 Å². The maximum atomic E-state index is 12.9. The lowest BCUT2D eigenvalue weighted by atomic mass is 10.2. The predicted molar refractivity (Wildman–Crippen MR) is 176 cm³/mol. The van der Waals surface area contributed by atoms with Crippen molar-refractivity contribution in [3.05, 3.63) is 93.7 Å². The van der Waals surface area contributed by atoms with E-state index in [-0.39, 0.29) is 42.4 Å². The molecule has 1 N–H and O–H groups in total. The van der Waals surface area contributed by atoms with E-state index in [1.54, 1.807) is 42.4 Å². The van der Waals surface area contributed by atoms with Crippen molar-refractivity contribution in [1.82, 2.24) is 15.3 Å². The third-order valence-corrected chi connectivity index (χ3v) is 7.82. The minimum absolute atomic E-state index is 0. The fourth-order valence-electron chi connectivity index (χ4n) is 4.67. The Kier molecular flexibility index (Phi) is 10.8. The first-order chi connectivity index (χ1) is 20.7. The van der Waals surface area contributed by atoms with Gasteiger partial charge in [-0.05, 0) is 61.4 Å². The summed E-state index contributed by atoms with van der Waals surface area (Å²) in [6.07, 6.45) is 6.11. The lowest BCUT2D eigenvalue weighted by Crippen LogP contribution is -2.37. The zero-order valence-electron chi connectivity index (χ0n) is 24.0. The molecule has 0 saturated carbocycles. The molecule has 1 saturated heterocycles. The van der Waals surface area contributed by atoms with E-state index in [4.69, 9.17) is 27.9 Å². The van der Waals surface area contributed by atoms with Gasteiger partial charge in [0.2, 0.25) is 17.7 Å². The molecule has 2 heterocycles. The number of likely N-dealkylation sites (N-methyl/N-ethyl adjacent to an activating group) is 1. The Morgan fingerprint density at radius 2 is 1.89 bits per heavy atom. The molecule has 9 nitrogen and oxygen atoms in total. The zero-order chi connectivity index (χ0) is 30.5. The predicted octanol–water partition coefficient (Wildman–Crippen LogP) is 6.17. The topological polar surface area (TPSA) is 105 Å². The maximum Gasteiger partial charge on any atom is 0.246 e. The molecular weight excluding hydrogens is 625 g/mol. The monoisotopic (exact) mass is 653 g/mol. The molecule has 1 aliphatic rings. The zero-order valence-corrected chi connectivity index (χ0v) is 26.4. The van der Waals surface area contributed by atoms with E-state index in [9.17, 15) is 14.4 Å². The molecule has 0 atom stereocenters. The molecule has 5 rings (SSSR count). The highest BCUT2D eigenvalue weighted by Gasteiger charge is 2.22. The number of halogens is 3. The Bertz CT molecular complexity index is 1730. The summed E-state index contributed by atoms with van der Waals surface area (Å²) in [5.74, 6) is -0.153. The number of carbonyl (C=O) groups is 3. The van der Waals surface area contributed by atoms with Crippen molar-refractivity contribution >= 4 is 81.8 Å². The molecular formula is C32H30Cl3N5O4. The fraction of sp³-hybridized carbons (Fsp3) is 0.219. The van der Waals surface area contributed by atoms with Crippen molar-refractivity contribution in [2.45, 2.75) is 26.4 Å². The van der Waals surface area contributed by atoms with Gasteiger partial charge in [-0.2, -0.15) is 0 Å². The van der Waals surface area contributed by atoms with Crippen LogP contribution < -0.4 is 19.9 Å². The van der Waals surface area contributed by atoms with Gasteiger partial charge in [0.15, 0.2) is 0 Å². The third kappa shape index (κ3) is 7.48. The van der Waals surface area contributed by atoms with Gasteiger partial charge in [0.05, 0.1) is 28.5 Å². The van der Waals surface area contributed by atoms with Crippen LogP contribution >= 0.6 is 35.6 Å². The van der Waals surface area contributed by atoms with Crippen LogP contribution in [0.4, 0.5) is 11.4 Å². The molecule has 0 aliphatic carbocycles. The molecule has 3 aromatic carbocycles. The summed E-state index contributed by atoms with van der Waals surface area (Å²) in [5.41, 5.74) is 4.64. The smallest absolute Gasteiger partial charge is 0.246 e. The SMILES string of the molecule is Cc1cnc2cccc(OCc3c(Cl)ccc(N(C)C(=O)CNC(=O)/C=C/c4ccc(N5CCCC5=O)cc4)c3Cl)c2n1.Cl. The highest BCUT2D eigenvalue weighted by molar-refractivity contribution is 6.38. The molecule has 0 bridgehead atoms. The fourth-order valence-corrected chi connectivity index (χ4v) is 5.28. The van der Waals surface area contributed by atoms with Crippen LogP contribution in [-0.2, 0) is 21.0 Å².